The second-order valence-electron chi connectivity index (χ2n) is 5.27. The van der Waals surface area contributed by atoms with Crippen molar-refractivity contribution in [1.29, 1.82) is 0 Å². The molecule has 0 fully saturated rings. The van der Waals surface area contributed by atoms with Crippen LogP contribution in [-0.4, -0.2) is 25.7 Å². The molecule has 0 aliphatic carbocycles. The summed E-state index contributed by atoms with van der Waals surface area (Å²) in [5.41, 5.74) is 0.379. The minimum atomic E-state index is -0.396. The third-order valence-corrected chi connectivity index (χ3v) is 2.49. The second-order valence-corrected chi connectivity index (χ2v) is 5.27. The Labute approximate surface area is 115 Å². The van der Waals surface area contributed by atoms with Crippen molar-refractivity contribution < 1.29 is 14.3 Å². The number of anilines is 1. The first-order valence-corrected chi connectivity index (χ1v) is 6.55. The molecule has 0 aliphatic heterocycles. The Morgan fingerprint density at radius 3 is 2.32 bits per heavy atom. The maximum atomic E-state index is 11.8. The van der Waals surface area contributed by atoms with E-state index in [4.69, 9.17) is 9.47 Å². The highest BCUT2D eigenvalue weighted by atomic mass is 16.5. The number of rotatable bonds is 6. The Kier molecular flexibility index (Phi) is 5.83. The molecule has 4 heteroatoms. The Hall–Kier alpha value is -1.55. The highest BCUT2D eigenvalue weighted by molar-refractivity contribution is 5.94. The number of hydrogen-bond acceptors (Lipinski definition) is 3. The summed E-state index contributed by atoms with van der Waals surface area (Å²) in [5, 5.41) is 2.87. The molecule has 0 heterocycles. The van der Waals surface area contributed by atoms with Gasteiger partial charge in [0, 0.05) is 17.7 Å². The lowest BCUT2D eigenvalue weighted by Crippen LogP contribution is -2.27. The Morgan fingerprint density at radius 1 is 1.16 bits per heavy atom. The van der Waals surface area contributed by atoms with Gasteiger partial charge in [0.2, 0.25) is 5.91 Å². The first-order chi connectivity index (χ1) is 8.93. The summed E-state index contributed by atoms with van der Waals surface area (Å²) in [7, 11) is 0. The lowest BCUT2D eigenvalue weighted by Gasteiger charge is -2.17. The highest BCUT2D eigenvalue weighted by Gasteiger charge is 2.20. The molecule has 106 valence electrons. The summed E-state index contributed by atoms with van der Waals surface area (Å²) in [5.74, 6) is 0.769. The number of hydrogen-bond donors (Lipinski definition) is 1. The topological polar surface area (TPSA) is 47.6 Å². The molecule has 0 bridgehead atoms. The summed E-state index contributed by atoms with van der Waals surface area (Å²) in [6, 6.07) is 7.34. The number of benzene rings is 1. The van der Waals surface area contributed by atoms with Crippen molar-refractivity contribution in [2.75, 3.05) is 25.1 Å². The predicted molar refractivity (Wildman–Crippen MR) is 76.5 cm³/mol. The number of carbonyl (C=O) groups is 1. The van der Waals surface area contributed by atoms with Crippen molar-refractivity contribution in [3.63, 3.8) is 0 Å². The molecular weight excluding hydrogens is 242 g/mol. The Bertz CT molecular complexity index is 393. The largest absolute Gasteiger partial charge is 0.491 e. The van der Waals surface area contributed by atoms with Gasteiger partial charge >= 0.3 is 0 Å². The molecule has 0 aromatic heterocycles. The van der Waals surface area contributed by atoms with E-state index in [9.17, 15) is 4.79 Å². The summed E-state index contributed by atoms with van der Waals surface area (Å²) >= 11 is 0. The maximum absolute atomic E-state index is 11.8. The third kappa shape index (κ3) is 5.75. The molecular formula is C15H23NO3. The van der Waals surface area contributed by atoms with Gasteiger partial charge in [0.15, 0.2) is 0 Å². The van der Waals surface area contributed by atoms with E-state index in [0.29, 0.717) is 19.8 Å². The summed E-state index contributed by atoms with van der Waals surface area (Å²) < 4.78 is 10.7. The van der Waals surface area contributed by atoms with Gasteiger partial charge in [-0.2, -0.15) is 0 Å². The van der Waals surface area contributed by atoms with Gasteiger partial charge in [-0.25, -0.2) is 0 Å². The fourth-order valence-electron chi connectivity index (χ4n) is 1.32. The van der Waals surface area contributed by atoms with Crippen LogP contribution in [0.3, 0.4) is 0 Å². The first kappa shape index (κ1) is 15.5. The van der Waals surface area contributed by atoms with Gasteiger partial charge in [0.25, 0.3) is 0 Å². The average molecular weight is 265 g/mol. The fourth-order valence-corrected chi connectivity index (χ4v) is 1.32. The number of nitrogens with one attached hydrogen (secondary N) is 1. The van der Waals surface area contributed by atoms with E-state index >= 15 is 0 Å². The quantitative estimate of drug-likeness (QED) is 0.804. The smallest absolute Gasteiger partial charge is 0.229 e. The van der Waals surface area contributed by atoms with E-state index in [1.807, 2.05) is 52.0 Å². The van der Waals surface area contributed by atoms with Crippen LogP contribution in [0.1, 0.15) is 27.7 Å². The van der Waals surface area contributed by atoms with Crippen LogP contribution in [0.5, 0.6) is 5.75 Å². The number of amides is 1. The van der Waals surface area contributed by atoms with Crippen LogP contribution < -0.4 is 10.1 Å². The molecule has 1 aromatic rings. The number of carbonyl (C=O) groups excluding carboxylic acids is 1. The summed E-state index contributed by atoms with van der Waals surface area (Å²) in [4.78, 5) is 11.8. The predicted octanol–water partition coefficient (Wildman–Crippen LogP) is 3.09. The van der Waals surface area contributed by atoms with Crippen LogP contribution in [0.25, 0.3) is 0 Å². The van der Waals surface area contributed by atoms with E-state index in [1.54, 1.807) is 0 Å². The molecule has 0 radical (unpaired) electrons. The van der Waals surface area contributed by atoms with Gasteiger partial charge in [-0.1, -0.05) is 20.8 Å². The molecule has 19 heavy (non-hydrogen) atoms. The van der Waals surface area contributed by atoms with E-state index in [2.05, 4.69) is 5.32 Å². The van der Waals surface area contributed by atoms with Crippen LogP contribution in [0.15, 0.2) is 24.3 Å². The molecule has 1 aromatic carbocycles. The molecule has 1 N–H and O–H groups in total. The van der Waals surface area contributed by atoms with Gasteiger partial charge in [-0.3, -0.25) is 4.79 Å². The van der Waals surface area contributed by atoms with Gasteiger partial charge in [0.1, 0.15) is 12.4 Å². The van der Waals surface area contributed by atoms with E-state index in [1.165, 1.54) is 0 Å². The normalized spacial score (nSPS) is 11.2. The van der Waals surface area contributed by atoms with Gasteiger partial charge < -0.3 is 14.8 Å². The van der Waals surface area contributed by atoms with E-state index in [0.717, 1.165) is 11.4 Å². The van der Waals surface area contributed by atoms with Gasteiger partial charge in [-0.15, -0.1) is 0 Å². The zero-order valence-corrected chi connectivity index (χ0v) is 12.2. The minimum absolute atomic E-state index is 0.00230. The molecule has 0 aliphatic rings. The molecule has 0 saturated carbocycles. The van der Waals surface area contributed by atoms with Crippen LogP contribution in [0.2, 0.25) is 0 Å². The molecule has 1 rings (SSSR count). The first-order valence-electron chi connectivity index (χ1n) is 6.55. The van der Waals surface area contributed by atoms with Crippen LogP contribution in [-0.2, 0) is 9.53 Å². The van der Waals surface area contributed by atoms with Gasteiger partial charge in [-0.05, 0) is 31.2 Å². The lowest BCUT2D eigenvalue weighted by molar-refractivity contribution is -0.123. The SMILES string of the molecule is CCOCCOc1ccc(NC(=O)C(C)(C)C)cc1. The van der Waals surface area contributed by atoms with Crippen molar-refractivity contribution in [1.82, 2.24) is 0 Å². The minimum Gasteiger partial charge on any atom is -0.491 e. The lowest BCUT2D eigenvalue weighted by atomic mass is 9.95. The van der Waals surface area contributed by atoms with Crippen molar-refractivity contribution >= 4 is 11.6 Å². The standard InChI is InChI=1S/C15H23NO3/c1-5-18-10-11-19-13-8-6-12(7-9-13)16-14(17)15(2,3)4/h6-9H,5,10-11H2,1-4H3,(H,16,17). The fraction of sp³-hybridized carbons (Fsp3) is 0.533. The molecule has 0 atom stereocenters. The Morgan fingerprint density at radius 2 is 1.79 bits per heavy atom. The molecule has 0 spiro atoms. The zero-order chi connectivity index (χ0) is 14.3. The van der Waals surface area contributed by atoms with Crippen LogP contribution >= 0.6 is 0 Å². The third-order valence-electron chi connectivity index (χ3n) is 2.49. The van der Waals surface area contributed by atoms with E-state index in [-0.39, 0.29) is 5.91 Å². The Balaban J connectivity index is 2.45. The number of ether oxygens (including phenoxy) is 2. The van der Waals surface area contributed by atoms with Crippen molar-refractivity contribution in [3.8, 4) is 5.75 Å². The van der Waals surface area contributed by atoms with Crippen molar-refractivity contribution in [2.45, 2.75) is 27.7 Å². The van der Waals surface area contributed by atoms with Crippen LogP contribution in [0.4, 0.5) is 5.69 Å². The molecule has 0 unspecified atom stereocenters. The molecule has 1 amide bonds. The van der Waals surface area contributed by atoms with Crippen molar-refractivity contribution in [2.24, 2.45) is 5.41 Å². The summed E-state index contributed by atoms with van der Waals surface area (Å²) in [6.07, 6.45) is 0. The van der Waals surface area contributed by atoms with Crippen molar-refractivity contribution in [3.05, 3.63) is 24.3 Å². The average Bonchev–Trinajstić information content (AvgIpc) is 2.35. The van der Waals surface area contributed by atoms with E-state index < -0.39 is 5.41 Å². The zero-order valence-electron chi connectivity index (χ0n) is 12.2. The van der Waals surface area contributed by atoms with Gasteiger partial charge in [0.05, 0.1) is 6.61 Å². The second kappa shape index (κ2) is 7.14. The molecule has 0 saturated heterocycles. The monoisotopic (exact) mass is 265 g/mol. The van der Waals surface area contributed by atoms with Crippen LogP contribution in [0, 0.1) is 5.41 Å². The maximum Gasteiger partial charge on any atom is 0.229 e. The highest BCUT2D eigenvalue weighted by Crippen LogP contribution is 2.19. The molecule has 4 nitrogen and oxygen atoms in total. The summed E-state index contributed by atoms with van der Waals surface area (Å²) in [6.45, 7) is 9.41.